The van der Waals surface area contributed by atoms with Crippen LogP contribution in [0.2, 0.25) is 0 Å². The summed E-state index contributed by atoms with van der Waals surface area (Å²) >= 11 is 0. The van der Waals surface area contributed by atoms with E-state index in [1.165, 1.54) is 0 Å². The molecule has 0 bridgehead atoms. The summed E-state index contributed by atoms with van der Waals surface area (Å²) < 4.78 is 106. The van der Waals surface area contributed by atoms with Crippen molar-refractivity contribution in [2.75, 3.05) is 30.8 Å². The molecule has 39 heavy (non-hydrogen) atoms. The van der Waals surface area contributed by atoms with Crippen LogP contribution in [0.15, 0.2) is 47.4 Å². The van der Waals surface area contributed by atoms with Crippen LogP contribution in [0.4, 0.5) is 38.1 Å². The number of nitrogens with zero attached hydrogens (tertiary/aromatic N) is 2. The van der Waals surface area contributed by atoms with Crippen molar-refractivity contribution in [1.82, 2.24) is 14.7 Å². The van der Waals surface area contributed by atoms with Crippen molar-refractivity contribution < 1.29 is 34.8 Å². The number of halogens is 6. The van der Waals surface area contributed by atoms with E-state index in [4.69, 9.17) is 0 Å². The highest BCUT2D eigenvalue weighted by Crippen LogP contribution is 2.37. The molecule has 3 N–H and O–H groups in total. The molecule has 1 aliphatic rings. The van der Waals surface area contributed by atoms with Crippen LogP contribution in [0.1, 0.15) is 36.8 Å². The maximum Gasteiger partial charge on any atom is 0.416 e. The molecule has 0 spiro atoms. The number of alkyl halides is 6. The fourth-order valence-corrected chi connectivity index (χ4v) is 5.80. The monoisotopic (exact) mass is 575 g/mol. The van der Waals surface area contributed by atoms with E-state index in [0.29, 0.717) is 31.2 Å². The second-order valence-corrected chi connectivity index (χ2v) is 11.3. The van der Waals surface area contributed by atoms with Gasteiger partial charge in [0.15, 0.2) is 0 Å². The minimum absolute atomic E-state index is 0.0839. The molecule has 2 aromatic carbocycles. The summed E-state index contributed by atoms with van der Waals surface area (Å²) in [7, 11) is -2.82. The van der Waals surface area contributed by atoms with E-state index in [-0.39, 0.29) is 36.6 Å². The zero-order chi connectivity index (χ0) is 28.4. The number of hydrogen-bond donors (Lipinski definition) is 3. The van der Waals surface area contributed by atoms with E-state index in [1.807, 2.05) is 24.3 Å². The average molecular weight is 576 g/mol. The molecule has 1 aromatic heterocycles. The number of benzene rings is 2. The molecule has 0 atom stereocenters. The third kappa shape index (κ3) is 7.10. The minimum atomic E-state index is -5.13. The molecular weight excluding hydrogens is 548 g/mol. The summed E-state index contributed by atoms with van der Waals surface area (Å²) in [5.41, 5.74) is -2.57. The molecule has 1 saturated carbocycles. The van der Waals surface area contributed by atoms with E-state index in [2.05, 4.69) is 25.3 Å². The van der Waals surface area contributed by atoms with Gasteiger partial charge in [0.2, 0.25) is 16.0 Å². The number of rotatable bonds is 8. The Kier molecular flexibility index (Phi) is 8.26. The van der Waals surface area contributed by atoms with E-state index >= 15 is 0 Å². The number of anilines is 2. The van der Waals surface area contributed by atoms with Crippen molar-refractivity contribution in [1.29, 1.82) is 0 Å². The number of sulfonamides is 1. The first-order valence-corrected chi connectivity index (χ1v) is 13.7. The Bertz CT molecular complexity index is 1390. The van der Waals surface area contributed by atoms with Gasteiger partial charge in [-0.2, -0.15) is 31.3 Å². The Morgan fingerprint density at radius 1 is 0.846 bits per heavy atom. The second kappa shape index (κ2) is 11.2. The quantitative estimate of drug-likeness (QED) is 0.289. The standard InChI is InChI=1S/C25H27F6N5O2S/c1-32-22-20-4-2-3-5-21(20)35-23(36-22)33-13-15-6-8-16(9-7-15)14-34-39(37,38)19-11-17(24(26,27)28)10-18(12-19)25(29,30)31/h2-5,10-12,15-16,34H,6-9,13-14H2,1H3,(H2,32,33,35,36)/t15-,16-. The van der Waals surface area contributed by atoms with Crippen molar-refractivity contribution in [2.45, 2.75) is 42.9 Å². The molecule has 1 aliphatic carbocycles. The van der Waals surface area contributed by atoms with E-state index in [9.17, 15) is 34.8 Å². The second-order valence-electron chi connectivity index (χ2n) is 9.52. The van der Waals surface area contributed by atoms with Crippen LogP contribution >= 0.6 is 0 Å². The largest absolute Gasteiger partial charge is 0.416 e. The van der Waals surface area contributed by atoms with E-state index in [1.54, 1.807) is 7.05 Å². The first-order valence-electron chi connectivity index (χ1n) is 12.2. The van der Waals surface area contributed by atoms with Crippen LogP contribution in [0.25, 0.3) is 10.9 Å². The van der Waals surface area contributed by atoms with Gasteiger partial charge in [-0.15, -0.1) is 0 Å². The van der Waals surface area contributed by atoms with Gasteiger partial charge in [-0.25, -0.2) is 18.1 Å². The molecule has 1 fully saturated rings. The fourth-order valence-electron chi connectivity index (χ4n) is 4.61. The first kappa shape index (κ1) is 28.9. The summed E-state index contributed by atoms with van der Waals surface area (Å²) in [6.45, 7) is 0.518. The Hall–Kier alpha value is -3.13. The van der Waals surface area contributed by atoms with Gasteiger partial charge in [0.05, 0.1) is 21.5 Å². The van der Waals surface area contributed by atoms with Crippen molar-refractivity contribution in [2.24, 2.45) is 11.8 Å². The van der Waals surface area contributed by atoms with Crippen molar-refractivity contribution in [3.05, 3.63) is 53.6 Å². The normalized spacial score (nSPS) is 18.7. The topological polar surface area (TPSA) is 96.0 Å². The number of hydrogen-bond acceptors (Lipinski definition) is 6. The van der Waals surface area contributed by atoms with Crippen LogP contribution in [-0.4, -0.2) is 38.5 Å². The van der Waals surface area contributed by atoms with Gasteiger partial charge in [0.1, 0.15) is 5.82 Å². The SMILES string of the molecule is CNc1nc(NC[C@H]2CC[C@H](CNS(=O)(=O)c3cc(C(F)(F)F)cc(C(F)(F)F)c3)CC2)nc2ccccc12. The number of nitrogens with one attached hydrogen (secondary N) is 3. The van der Waals surface area contributed by atoms with Crippen LogP contribution in [0.5, 0.6) is 0 Å². The Morgan fingerprint density at radius 3 is 1.97 bits per heavy atom. The lowest BCUT2D eigenvalue weighted by atomic mass is 9.82. The van der Waals surface area contributed by atoms with Gasteiger partial charge in [-0.3, -0.25) is 0 Å². The van der Waals surface area contributed by atoms with Crippen molar-refractivity contribution in [3.8, 4) is 0 Å². The van der Waals surface area contributed by atoms with Crippen LogP contribution in [0, 0.1) is 11.8 Å². The average Bonchev–Trinajstić information content (AvgIpc) is 2.89. The van der Waals surface area contributed by atoms with Gasteiger partial charge in [0.25, 0.3) is 0 Å². The molecule has 14 heteroatoms. The Labute approximate surface area is 221 Å². The van der Waals surface area contributed by atoms with Gasteiger partial charge in [-0.05, 0) is 67.9 Å². The third-order valence-corrected chi connectivity index (χ3v) is 8.19. The molecule has 212 valence electrons. The van der Waals surface area contributed by atoms with Crippen LogP contribution in [0.3, 0.4) is 0 Å². The van der Waals surface area contributed by atoms with Crippen molar-refractivity contribution >= 4 is 32.7 Å². The first-order chi connectivity index (χ1) is 18.3. The zero-order valence-corrected chi connectivity index (χ0v) is 21.6. The molecule has 0 amide bonds. The number of aromatic nitrogens is 2. The summed E-state index contributed by atoms with van der Waals surface area (Å²) in [4.78, 5) is 7.96. The predicted molar refractivity (Wildman–Crippen MR) is 135 cm³/mol. The highest BCUT2D eigenvalue weighted by Gasteiger charge is 2.38. The zero-order valence-electron chi connectivity index (χ0n) is 20.8. The van der Waals surface area contributed by atoms with Crippen LogP contribution in [-0.2, 0) is 22.4 Å². The molecule has 4 rings (SSSR count). The Balaban J connectivity index is 1.34. The van der Waals surface area contributed by atoms with E-state index in [0.717, 1.165) is 23.7 Å². The molecule has 0 saturated heterocycles. The van der Waals surface area contributed by atoms with Gasteiger partial charge in [-0.1, -0.05) is 12.1 Å². The maximum absolute atomic E-state index is 13.1. The molecule has 3 aromatic rings. The molecular formula is C25H27F6N5O2S. The summed E-state index contributed by atoms with van der Waals surface area (Å²) in [6.07, 6.45) is -7.46. The smallest absolute Gasteiger partial charge is 0.372 e. The van der Waals surface area contributed by atoms with Crippen LogP contribution < -0.4 is 15.4 Å². The summed E-state index contributed by atoms with van der Waals surface area (Å²) in [5, 5.41) is 7.20. The minimum Gasteiger partial charge on any atom is -0.372 e. The number of para-hydroxylation sites is 1. The molecule has 0 radical (unpaired) electrons. The maximum atomic E-state index is 13.1. The van der Waals surface area contributed by atoms with Gasteiger partial charge < -0.3 is 10.6 Å². The number of fused-ring (bicyclic) bond motifs is 1. The van der Waals surface area contributed by atoms with Gasteiger partial charge in [0, 0.05) is 25.5 Å². The fraction of sp³-hybridized carbons (Fsp3) is 0.440. The highest BCUT2D eigenvalue weighted by atomic mass is 32.2. The molecule has 0 unspecified atom stereocenters. The molecule has 0 aliphatic heterocycles. The molecule has 7 nitrogen and oxygen atoms in total. The lowest BCUT2D eigenvalue weighted by Crippen LogP contribution is -2.32. The molecule has 1 heterocycles. The highest BCUT2D eigenvalue weighted by molar-refractivity contribution is 7.89. The van der Waals surface area contributed by atoms with Crippen molar-refractivity contribution in [3.63, 3.8) is 0 Å². The lowest BCUT2D eigenvalue weighted by Gasteiger charge is -2.28. The van der Waals surface area contributed by atoms with Gasteiger partial charge >= 0.3 is 12.4 Å². The summed E-state index contributed by atoms with van der Waals surface area (Å²) in [5.74, 6) is 1.34. The third-order valence-electron chi connectivity index (χ3n) is 6.79. The predicted octanol–water partition coefficient (Wildman–Crippen LogP) is 5.91. The Morgan fingerprint density at radius 2 is 1.41 bits per heavy atom. The lowest BCUT2D eigenvalue weighted by molar-refractivity contribution is -0.143. The van der Waals surface area contributed by atoms with E-state index < -0.39 is 38.4 Å². The summed E-state index contributed by atoms with van der Waals surface area (Å²) in [6, 6.07) is 7.93.